The average molecular weight is 583 g/mol. The van der Waals surface area contributed by atoms with Gasteiger partial charge in [0.25, 0.3) is 0 Å². The van der Waals surface area contributed by atoms with Crippen LogP contribution in [-0.4, -0.2) is 10.1 Å². The maximum absolute atomic E-state index is 2.68. The molecule has 2 atom stereocenters. The second kappa shape index (κ2) is 9.84. The number of nitrogens with zero attached hydrogens (tertiary/aromatic N) is 2. The van der Waals surface area contributed by atoms with Gasteiger partial charge in [-0.25, -0.2) is 0 Å². The van der Waals surface area contributed by atoms with E-state index in [9.17, 15) is 0 Å². The molecule has 2 heterocycles. The molecule has 0 bridgehead atoms. The van der Waals surface area contributed by atoms with Gasteiger partial charge in [0.1, 0.15) is 0 Å². The zero-order valence-corrected chi connectivity index (χ0v) is 26.1. The highest BCUT2D eigenvalue weighted by molar-refractivity contribution is 6.18. The first-order valence-corrected chi connectivity index (χ1v) is 16.5. The molecule has 7 aromatic rings. The first-order valence-electron chi connectivity index (χ1n) is 16.5. The minimum absolute atomic E-state index is 0.106. The van der Waals surface area contributed by atoms with Gasteiger partial charge in [-0.15, -0.1) is 0 Å². The lowest BCUT2D eigenvalue weighted by molar-refractivity contribution is 0.0863. The average Bonchev–Trinajstić information content (AvgIpc) is 3.42. The smallest absolute Gasteiger partial charge is 0.0619 e. The van der Waals surface area contributed by atoms with E-state index in [4.69, 9.17) is 0 Å². The van der Waals surface area contributed by atoms with Crippen LogP contribution in [0.15, 0.2) is 133 Å². The van der Waals surface area contributed by atoms with E-state index in [1.165, 1.54) is 98.4 Å². The first kappa shape index (κ1) is 26.6. The van der Waals surface area contributed by atoms with Gasteiger partial charge in [0.15, 0.2) is 0 Å². The van der Waals surface area contributed by atoms with Crippen molar-refractivity contribution in [1.29, 1.82) is 0 Å². The second-order valence-electron chi connectivity index (χ2n) is 13.8. The third-order valence-corrected chi connectivity index (χ3v) is 11.4. The normalized spacial score (nSPS) is 21.2. The van der Waals surface area contributed by atoms with Gasteiger partial charge in [0, 0.05) is 38.8 Å². The quantitative estimate of drug-likeness (QED) is 0.201. The van der Waals surface area contributed by atoms with Crippen LogP contribution < -0.4 is 4.90 Å². The number of hydrogen-bond donors (Lipinski definition) is 0. The molecule has 45 heavy (non-hydrogen) atoms. The Morgan fingerprint density at radius 2 is 1.18 bits per heavy atom. The summed E-state index contributed by atoms with van der Waals surface area (Å²) in [5, 5.41) is 5.14. The maximum Gasteiger partial charge on any atom is 0.0619 e. The summed E-state index contributed by atoms with van der Waals surface area (Å²) in [7, 11) is 0. The zero-order chi connectivity index (χ0) is 30.2. The lowest BCUT2D eigenvalue weighted by atomic mass is 9.57. The molecular weight excluding hydrogens is 544 g/mol. The van der Waals surface area contributed by atoms with Crippen molar-refractivity contribution in [2.45, 2.75) is 51.5 Å². The van der Waals surface area contributed by atoms with E-state index < -0.39 is 0 Å². The Kier molecular flexibility index (Phi) is 5.81. The summed E-state index contributed by atoms with van der Waals surface area (Å²) in [5.74, 6) is 0. The highest BCUT2D eigenvalue weighted by atomic mass is 15.2. The number of hydrogen-bond acceptors (Lipinski definition) is 1. The molecule has 0 N–H and O–H groups in total. The van der Waals surface area contributed by atoms with Crippen molar-refractivity contribution in [2.75, 3.05) is 4.90 Å². The third kappa shape index (κ3) is 3.88. The molecule has 1 aliphatic carbocycles. The fourth-order valence-corrected chi connectivity index (χ4v) is 8.81. The van der Waals surface area contributed by atoms with Gasteiger partial charge < -0.3 is 9.47 Å². The highest BCUT2D eigenvalue weighted by Crippen LogP contribution is 2.57. The highest BCUT2D eigenvalue weighted by Gasteiger charge is 2.53. The molecule has 0 spiro atoms. The number of anilines is 2. The standard InChI is InChI=1S/C43H38N2/c1-42-27-9-10-28-43(42,2)45(39-15-7-4-12-33(39)29-42)35-24-19-31(20-25-35)30-17-22-34(23-18-30)44-40-16-8-6-14-37(40)38-26-21-32-11-3-5-13-36(32)41(38)44/h3-8,11-26H,9-10,27-29H2,1-2H3. The minimum Gasteiger partial charge on any atom is -0.335 e. The molecule has 1 aliphatic heterocycles. The molecule has 2 aliphatic rings. The molecule has 2 unspecified atom stereocenters. The molecule has 1 aromatic heterocycles. The van der Waals surface area contributed by atoms with Crippen LogP contribution in [0.5, 0.6) is 0 Å². The molecule has 2 heteroatoms. The van der Waals surface area contributed by atoms with Crippen LogP contribution in [0.2, 0.25) is 0 Å². The predicted molar refractivity (Wildman–Crippen MR) is 191 cm³/mol. The Hall–Kier alpha value is -4.82. The molecule has 9 rings (SSSR count). The predicted octanol–water partition coefficient (Wildman–Crippen LogP) is 11.6. The first-order chi connectivity index (χ1) is 22.0. The number of aromatic nitrogens is 1. The number of para-hydroxylation sites is 2. The Morgan fingerprint density at radius 3 is 1.98 bits per heavy atom. The van der Waals surface area contributed by atoms with Crippen LogP contribution >= 0.6 is 0 Å². The molecule has 220 valence electrons. The Balaban J connectivity index is 1.11. The van der Waals surface area contributed by atoms with E-state index in [2.05, 4.69) is 157 Å². The van der Waals surface area contributed by atoms with Crippen LogP contribution in [0.25, 0.3) is 49.4 Å². The lowest BCUT2D eigenvalue weighted by Crippen LogP contribution is -2.60. The summed E-state index contributed by atoms with van der Waals surface area (Å²) in [6.07, 6.45) is 6.33. The van der Waals surface area contributed by atoms with E-state index in [0.29, 0.717) is 0 Å². The van der Waals surface area contributed by atoms with Crippen molar-refractivity contribution in [3.8, 4) is 16.8 Å². The molecule has 2 nitrogen and oxygen atoms in total. The van der Waals surface area contributed by atoms with Crippen LogP contribution in [0, 0.1) is 5.41 Å². The Bertz CT molecular complexity index is 2220. The lowest BCUT2D eigenvalue weighted by Gasteiger charge is -2.60. The molecule has 1 saturated carbocycles. The monoisotopic (exact) mass is 582 g/mol. The fraction of sp³-hybridized carbons (Fsp3) is 0.209. The van der Waals surface area contributed by atoms with Gasteiger partial charge in [-0.3, -0.25) is 0 Å². The van der Waals surface area contributed by atoms with Crippen molar-refractivity contribution in [2.24, 2.45) is 5.41 Å². The molecule has 6 aromatic carbocycles. The van der Waals surface area contributed by atoms with Crippen molar-refractivity contribution < 1.29 is 0 Å². The molecular formula is C43H38N2. The van der Waals surface area contributed by atoms with Crippen molar-refractivity contribution in [3.05, 3.63) is 139 Å². The molecule has 0 saturated heterocycles. The van der Waals surface area contributed by atoms with Crippen molar-refractivity contribution in [1.82, 2.24) is 4.57 Å². The number of rotatable bonds is 3. The summed E-state index contributed by atoms with van der Waals surface area (Å²) >= 11 is 0. The third-order valence-electron chi connectivity index (χ3n) is 11.4. The largest absolute Gasteiger partial charge is 0.335 e. The van der Waals surface area contributed by atoms with Gasteiger partial charge in [-0.1, -0.05) is 117 Å². The summed E-state index contributed by atoms with van der Waals surface area (Å²) in [6, 6.07) is 49.6. The minimum atomic E-state index is 0.106. The zero-order valence-electron chi connectivity index (χ0n) is 26.1. The van der Waals surface area contributed by atoms with Crippen molar-refractivity contribution in [3.63, 3.8) is 0 Å². The van der Waals surface area contributed by atoms with E-state index in [1.807, 2.05) is 0 Å². The molecule has 1 fully saturated rings. The summed E-state index contributed by atoms with van der Waals surface area (Å²) < 4.78 is 2.44. The Morgan fingerprint density at radius 1 is 0.533 bits per heavy atom. The summed E-state index contributed by atoms with van der Waals surface area (Å²) in [6.45, 7) is 5.05. The Labute approximate surface area is 265 Å². The van der Waals surface area contributed by atoms with Gasteiger partial charge >= 0.3 is 0 Å². The van der Waals surface area contributed by atoms with Crippen LogP contribution in [-0.2, 0) is 6.42 Å². The molecule has 0 radical (unpaired) electrons. The van der Waals surface area contributed by atoms with E-state index in [1.54, 1.807) is 0 Å². The van der Waals surface area contributed by atoms with Gasteiger partial charge in [0.2, 0.25) is 0 Å². The topological polar surface area (TPSA) is 8.17 Å². The van der Waals surface area contributed by atoms with E-state index in [0.717, 1.165) is 0 Å². The van der Waals surface area contributed by atoms with Crippen molar-refractivity contribution >= 4 is 44.0 Å². The van der Waals surface area contributed by atoms with Gasteiger partial charge in [0.05, 0.1) is 11.0 Å². The maximum atomic E-state index is 2.68. The SMILES string of the molecule is CC12CCCCC1(C)N(c1ccc(-c3ccc(-n4c5ccccc5c5ccc6ccccc6c54)cc3)cc1)c1ccccc1C2. The number of benzene rings is 6. The van der Waals surface area contributed by atoms with Gasteiger partial charge in [-0.2, -0.15) is 0 Å². The van der Waals surface area contributed by atoms with E-state index >= 15 is 0 Å². The van der Waals surface area contributed by atoms with Crippen LogP contribution in [0.1, 0.15) is 45.1 Å². The summed E-state index contributed by atoms with van der Waals surface area (Å²) in [4.78, 5) is 2.68. The number of fused-ring (bicyclic) bond motifs is 7. The van der Waals surface area contributed by atoms with Crippen LogP contribution in [0.3, 0.4) is 0 Å². The van der Waals surface area contributed by atoms with Crippen LogP contribution in [0.4, 0.5) is 11.4 Å². The van der Waals surface area contributed by atoms with Gasteiger partial charge in [-0.05, 0) is 90.1 Å². The summed E-state index contributed by atoms with van der Waals surface area (Å²) in [5.41, 5.74) is 10.7. The van der Waals surface area contributed by atoms with E-state index in [-0.39, 0.29) is 11.0 Å². The fourth-order valence-electron chi connectivity index (χ4n) is 8.81. The molecule has 0 amide bonds. The second-order valence-corrected chi connectivity index (χ2v) is 13.8.